The highest BCUT2D eigenvalue weighted by molar-refractivity contribution is 7.15. The summed E-state index contributed by atoms with van der Waals surface area (Å²) in [6, 6.07) is 19.6. The molecule has 0 bridgehead atoms. The second kappa shape index (κ2) is 16.7. The number of aryl methyl sites for hydroxylation is 2. The second-order valence-corrected chi connectivity index (χ2v) is 11.9. The lowest BCUT2D eigenvalue weighted by Gasteiger charge is -2.14. The zero-order valence-corrected chi connectivity index (χ0v) is 26.3. The molecule has 3 amide bonds. The van der Waals surface area contributed by atoms with Crippen LogP contribution in [0.3, 0.4) is 0 Å². The number of unbranched alkanes of at least 4 members (excludes halogenated alkanes) is 1. The summed E-state index contributed by atoms with van der Waals surface area (Å²) in [5.74, 6) is -1.45. The van der Waals surface area contributed by atoms with Crippen molar-refractivity contribution in [3.63, 3.8) is 0 Å². The lowest BCUT2D eigenvalue weighted by molar-refractivity contribution is -0.205. The van der Waals surface area contributed by atoms with Gasteiger partial charge in [0.2, 0.25) is 22.9 Å². The number of alkyl halides is 3. The number of aliphatic hydroxyl groups is 1. The van der Waals surface area contributed by atoms with E-state index in [1.165, 1.54) is 11.3 Å². The van der Waals surface area contributed by atoms with Gasteiger partial charge >= 0.3 is 6.18 Å². The van der Waals surface area contributed by atoms with Crippen molar-refractivity contribution in [2.75, 3.05) is 10.6 Å². The van der Waals surface area contributed by atoms with Crippen LogP contribution in [0.1, 0.15) is 59.5 Å². The van der Waals surface area contributed by atoms with Crippen molar-refractivity contribution >= 4 is 40.0 Å². The molecule has 0 fully saturated rings. The summed E-state index contributed by atoms with van der Waals surface area (Å²) in [7, 11) is 0. The van der Waals surface area contributed by atoms with Crippen molar-refractivity contribution in [2.45, 2.75) is 70.2 Å². The van der Waals surface area contributed by atoms with Gasteiger partial charge < -0.3 is 21.1 Å². The zero-order chi connectivity index (χ0) is 33.8. The third kappa shape index (κ3) is 11.5. The number of rotatable bonds is 15. The van der Waals surface area contributed by atoms with E-state index in [1.54, 1.807) is 36.4 Å². The normalized spacial score (nSPS) is 12.6. The smallest absolute Gasteiger partial charge is 0.383 e. The highest BCUT2D eigenvalue weighted by Gasteiger charge is 2.39. The van der Waals surface area contributed by atoms with Crippen LogP contribution in [-0.2, 0) is 40.2 Å². The summed E-state index contributed by atoms with van der Waals surface area (Å²) in [6.07, 6.45) is -5.64. The predicted molar refractivity (Wildman–Crippen MR) is 169 cm³/mol. The molecule has 0 spiro atoms. The Morgan fingerprint density at radius 1 is 0.851 bits per heavy atom. The van der Waals surface area contributed by atoms with E-state index in [0.717, 1.165) is 29.1 Å². The number of carbonyl (C=O) groups excluding carboxylic acids is 3. The van der Waals surface area contributed by atoms with E-state index in [0.29, 0.717) is 29.1 Å². The number of aromatic nitrogens is 4. The first-order chi connectivity index (χ1) is 22.5. The minimum Gasteiger partial charge on any atom is -0.383 e. The molecule has 0 aliphatic carbocycles. The first-order valence-corrected chi connectivity index (χ1v) is 15.7. The third-order valence-electron chi connectivity index (χ3n) is 7.05. The molecule has 0 aliphatic rings. The summed E-state index contributed by atoms with van der Waals surface area (Å²) in [6.45, 7) is 1.79. The maximum Gasteiger partial charge on any atom is 0.414 e. The fraction of sp³-hybridized carbons (Fsp3) is 0.344. The van der Waals surface area contributed by atoms with Gasteiger partial charge in [0.1, 0.15) is 5.01 Å². The van der Waals surface area contributed by atoms with Gasteiger partial charge in [-0.3, -0.25) is 14.4 Å². The van der Waals surface area contributed by atoms with Gasteiger partial charge in [-0.2, -0.15) is 18.3 Å². The fourth-order valence-electron chi connectivity index (χ4n) is 4.44. The molecule has 2 unspecified atom stereocenters. The maximum absolute atomic E-state index is 12.6. The number of hydrogen-bond donors (Lipinski definition) is 4. The number of benzene rings is 2. The number of halogens is 3. The van der Waals surface area contributed by atoms with Gasteiger partial charge in [0.15, 0.2) is 11.9 Å². The van der Waals surface area contributed by atoms with Crippen molar-refractivity contribution in [2.24, 2.45) is 0 Å². The molecule has 2 aromatic carbocycles. The molecule has 47 heavy (non-hydrogen) atoms. The number of carbonyl (C=O) groups is 3. The number of nitrogens with zero attached hydrogens (tertiary/aromatic N) is 4. The molecular weight excluding hydrogens is 635 g/mol. The van der Waals surface area contributed by atoms with Crippen LogP contribution in [0.15, 0.2) is 66.7 Å². The van der Waals surface area contributed by atoms with E-state index >= 15 is 0 Å². The molecule has 11 nitrogen and oxygen atoms in total. The molecule has 2 aromatic heterocycles. The number of hydrogen-bond acceptors (Lipinski definition) is 9. The van der Waals surface area contributed by atoms with E-state index in [2.05, 4.69) is 36.3 Å². The standard InChI is InChI=1S/C32H34F3N7O4S/c1-20(23-10-3-2-4-11-23)30(46)38-31-42-41-29(47-31)13-6-5-12-24-14-15-26(40-39-24)37-28(45)17-21-8-7-9-22(16-21)19-36-27(44)18-25(43)32(33,34)35/h2-4,7-11,14-16,20,25,43H,5-6,12-13,17-19H2,1H3,(H,36,44)(H,37,40,45)(H,38,42,46). The highest BCUT2D eigenvalue weighted by Crippen LogP contribution is 2.23. The Labute approximate surface area is 273 Å². The highest BCUT2D eigenvalue weighted by atomic mass is 32.1. The molecule has 2 atom stereocenters. The van der Waals surface area contributed by atoms with Crippen LogP contribution in [0.5, 0.6) is 0 Å². The third-order valence-corrected chi connectivity index (χ3v) is 7.95. The number of aliphatic hydroxyl groups excluding tert-OH is 1. The molecule has 15 heteroatoms. The van der Waals surface area contributed by atoms with E-state index in [1.807, 2.05) is 37.3 Å². The molecule has 0 radical (unpaired) electrons. The SMILES string of the molecule is CC(C(=O)Nc1nnc(CCCCc2ccc(NC(=O)Cc3cccc(CNC(=O)CC(O)C(F)(F)F)c3)nn2)s1)c1ccccc1. The van der Waals surface area contributed by atoms with Crippen LogP contribution in [0.4, 0.5) is 24.1 Å². The molecule has 0 saturated carbocycles. The van der Waals surface area contributed by atoms with Crippen LogP contribution >= 0.6 is 11.3 Å². The van der Waals surface area contributed by atoms with Crippen molar-refractivity contribution in [3.8, 4) is 0 Å². The molecule has 2 heterocycles. The van der Waals surface area contributed by atoms with Crippen molar-refractivity contribution < 1.29 is 32.7 Å². The van der Waals surface area contributed by atoms with Crippen molar-refractivity contribution in [3.05, 3.63) is 94.1 Å². The Balaban J connectivity index is 1.15. The summed E-state index contributed by atoms with van der Waals surface area (Å²) < 4.78 is 37.3. The Morgan fingerprint density at radius 3 is 2.32 bits per heavy atom. The molecular formula is C32H34F3N7O4S. The number of amides is 3. The lowest BCUT2D eigenvalue weighted by Crippen LogP contribution is -2.35. The average Bonchev–Trinajstić information content (AvgIpc) is 3.49. The van der Waals surface area contributed by atoms with E-state index in [4.69, 9.17) is 5.11 Å². The van der Waals surface area contributed by atoms with Gasteiger partial charge in [-0.05, 0) is 55.0 Å². The molecule has 4 rings (SSSR count). The van der Waals surface area contributed by atoms with Crippen molar-refractivity contribution in [1.29, 1.82) is 0 Å². The summed E-state index contributed by atoms with van der Waals surface area (Å²) in [4.78, 5) is 36.8. The summed E-state index contributed by atoms with van der Waals surface area (Å²) >= 11 is 1.35. The molecule has 0 saturated heterocycles. The zero-order valence-electron chi connectivity index (χ0n) is 25.5. The Morgan fingerprint density at radius 2 is 1.60 bits per heavy atom. The predicted octanol–water partition coefficient (Wildman–Crippen LogP) is 4.75. The summed E-state index contributed by atoms with van der Waals surface area (Å²) in [5, 5.41) is 34.7. The first kappa shape index (κ1) is 35.1. The number of nitrogens with one attached hydrogen (secondary N) is 3. The lowest BCUT2D eigenvalue weighted by atomic mass is 10.0. The molecule has 4 aromatic rings. The van der Waals surface area contributed by atoms with Crippen LogP contribution in [0.2, 0.25) is 0 Å². The number of anilines is 2. The minimum atomic E-state index is -4.87. The Hall–Kier alpha value is -4.76. The van der Waals surface area contributed by atoms with E-state index in [-0.39, 0.29) is 36.5 Å². The minimum absolute atomic E-state index is 0.00106. The maximum atomic E-state index is 12.6. The van der Waals surface area contributed by atoms with Crippen LogP contribution < -0.4 is 16.0 Å². The Bertz CT molecular complexity index is 1640. The van der Waals surface area contributed by atoms with E-state index < -0.39 is 24.6 Å². The summed E-state index contributed by atoms with van der Waals surface area (Å²) in [5.41, 5.74) is 2.90. The second-order valence-electron chi connectivity index (χ2n) is 10.8. The van der Waals surface area contributed by atoms with Gasteiger partial charge in [-0.15, -0.1) is 15.3 Å². The van der Waals surface area contributed by atoms with Gasteiger partial charge in [0, 0.05) is 13.0 Å². The van der Waals surface area contributed by atoms with Gasteiger partial charge in [-0.25, -0.2) is 0 Å². The fourth-order valence-corrected chi connectivity index (χ4v) is 5.22. The van der Waals surface area contributed by atoms with Gasteiger partial charge in [0.05, 0.1) is 24.5 Å². The van der Waals surface area contributed by atoms with Crippen LogP contribution in [-0.4, -0.2) is 55.5 Å². The topological polar surface area (TPSA) is 159 Å². The molecule has 0 aliphatic heterocycles. The van der Waals surface area contributed by atoms with Crippen molar-refractivity contribution in [1.82, 2.24) is 25.7 Å². The first-order valence-electron chi connectivity index (χ1n) is 14.9. The van der Waals surface area contributed by atoms with Gasteiger partial charge in [0.25, 0.3) is 0 Å². The average molecular weight is 670 g/mol. The monoisotopic (exact) mass is 669 g/mol. The van der Waals surface area contributed by atoms with Gasteiger partial charge in [-0.1, -0.05) is 65.9 Å². The quantitative estimate of drug-likeness (QED) is 0.132. The van der Waals surface area contributed by atoms with E-state index in [9.17, 15) is 27.6 Å². The Kier molecular flexibility index (Phi) is 12.5. The van der Waals surface area contributed by atoms with Crippen LogP contribution in [0, 0.1) is 0 Å². The largest absolute Gasteiger partial charge is 0.414 e. The van der Waals surface area contributed by atoms with Crippen LogP contribution in [0.25, 0.3) is 0 Å². The molecule has 4 N–H and O–H groups in total. The molecule has 248 valence electrons.